The van der Waals surface area contributed by atoms with Gasteiger partial charge in [-0.05, 0) is 49.1 Å². The third kappa shape index (κ3) is 6.88. The summed E-state index contributed by atoms with van der Waals surface area (Å²) in [4.78, 5) is 25.1. The van der Waals surface area contributed by atoms with E-state index in [4.69, 9.17) is 4.74 Å². The zero-order valence-corrected chi connectivity index (χ0v) is 20.1. The van der Waals surface area contributed by atoms with E-state index in [0.29, 0.717) is 36.5 Å². The molecule has 0 bridgehead atoms. The number of hydrogen-bond donors (Lipinski definition) is 1. The molecule has 33 heavy (non-hydrogen) atoms. The molecule has 0 unspecified atom stereocenters. The molecule has 0 amide bonds. The molecule has 0 spiro atoms. The van der Waals surface area contributed by atoms with Crippen molar-refractivity contribution < 1.29 is 22.7 Å². The van der Waals surface area contributed by atoms with Gasteiger partial charge in [-0.1, -0.05) is 44.9 Å². The Morgan fingerprint density at radius 3 is 2.33 bits per heavy atom. The van der Waals surface area contributed by atoms with Gasteiger partial charge in [-0.3, -0.25) is 4.79 Å². The Hall–Kier alpha value is -2.71. The summed E-state index contributed by atoms with van der Waals surface area (Å²) in [5, 5.41) is 3.02. The first-order valence-corrected chi connectivity index (χ1v) is 12.9. The van der Waals surface area contributed by atoms with Crippen molar-refractivity contribution in [1.29, 1.82) is 0 Å². The van der Waals surface area contributed by atoms with Gasteiger partial charge in [0.15, 0.2) is 5.78 Å². The molecule has 7 nitrogen and oxygen atoms in total. The number of ketones is 1. The number of carbonyl (C=O) groups excluding carboxylic acids is 2. The molecule has 0 aliphatic carbocycles. The lowest BCUT2D eigenvalue weighted by Gasteiger charge is -2.20. The summed E-state index contributed by atoms with van der Waals surface area (Å²) < 4.78 is 32.9. The van der Waals surface area contributed by atoms with Crippen LogP contribution in [0.2, 0.25) is 0 Å². The van der Waals surface area contributed by atoms with Crippen molar-refractivity contribution >= 4 is 27.5 Å². The average molecular weight is 473 g/mol. The van der Waals surface area contributed by atoms with Crippen LogP contribution in [0.15, 0.2) is 53.4 Å². The molecule has 1 fully saturated rings. The molecule has 1 heterocycles. The standard InChI is InChI=1S/C25H32N2O5S/c1-19(2)18-32-25(29)21-10-7-11-22(15-21)26-17-24(28)20-9-8-12-23(16-20)33(30,31)27-13-5-3-4-6-14-27/h7-12,15-16,19,26H,3-6,13-14,17-18H2,1-2H3. The number of ether oxygens (including phenoxy) is 1. The minimum absolute atomic E-state index is 0.0300. The maximum atomic E-state index is 13.0. The van der Waals surface area contributed by atoms with Crippen molar-refractivity contribution in [2.24, 2.45) is 5.92 Å². The Morgan fingerprint density at radius 2 is 1.64 bits per heavy atom. The number of carbonyl (C=O) groups is 2. The summed E-state index contributed by atoms with van der Waals surface area (Å²) in [6, 6.07) is 13.0. The van der Waals surface area contributed by atoms with E-state index in [0.717, 1.165) is 25.7 Å². The normalized spacial score (nSPS) is 15.1. The zero-order valence-electron chi connectivity index (χ0n) is 19.2. The van der Waals surface area contributed by atoms with E-state index in [-0.39, 0.29) is 23.1 Å². The molecule has 1 saturated heterocycles. The number of hydrogen-bond acceptors (Lipinski definition) is 6. The van der Waals surface area contributed by atoms with Gasteiger partial charge in [0.25, 0.3) is 0 Å². The van der Waals surface area contributed by atoms with Gasteiger partial charge in [-0.25, -0.2) is 13.2 Å². The van der Waals surface area contributed by atoms with Crippen LogP contribution >= 0.6 is 0 Å². The van der Waals surface area contributed by atoms with Crippen LogP contribution in [0.5, 0.6) is 0 Å². The fourth-order valence-electron chi connectivity index (χ4n) is 3.63. The first-order valence-electron chi connectivity index (χ1n) is 11.4. The number of Topliss-reactive ketones (excluding diaryl/α,β-unsaturated/α-hetero) is 1. The predicted octanol–water partition coefficient (Wildman–Crippen LogP) is 4.36. The average Bonchev–Trinajstić information content (AvgIpc) is 3.11. The number of esters is 1. The first-order chi connectivity index (χ1) is 15.8. The largest absolute Gasteiger partial charge is 0.462 e. The lowest BCUT2D eigenvalue weighted by Crippen LogP contribution is -2.32. The van der Waals surface area contributed by atoms with Crippen molar-refractivity contribution in [2.45, 2.75) is 44.4 Å². The quantitative estimate of drug-likeness (QED) is 0.431. The molecular weight excluding hydrogens is 440 g/mol. The summed E-state index contributed by atoms with van der Waals surface area (Å²) in [5.41, 5.74) is 1.33. The van der Waals surface area contributed by atoms with Crippen LogP contribution < -0.4 is 5.32 Å². The molecule has 8 heteroatoms. The Bertz CT molecular complexity index is 1070. The molecule has 2 aromatic carbocycles. The number of rotatable bonds is 9. The SMILES string of the molecule is CC(C)COC(=O)c1cccc(NCC(=O)c2cccc(S(=O)(=O)N3CCCCCC3)c2)c1. The van der Waals surface area contributed by atoms with Gasteiger partial charge in [0.05, 0.1) is 23.6 Å². The van der Waals surface area contributed by atoms with Crippen LogP contribution in [-0.2, 0) is 14.8 Å². The van der Waals surface area contributed by atoms with Crippen LogP contribution in [0.4, 0.5) is 5.69 Å². The van der Waals surface area contributed by atoms with Gasteiger partial charge >= 0.3 is 5.97 Å². The van der Waals surface area contributed by atoms with Crippen LogP contribution in [0.1, 0.15) is 60.2 Å². The Balaban J connectivity index is 1.66. The highest BCUT2D eigenvalue weighted by molar-refractivity contribution is 7.89. The summed E-state index contributed by atoms with van der Waals surface area (Å²) >= 11 is 0. The minimum atomic E-state index is -3.63. The molecule has 0 radical (unpaired) electrons. The highest BCUT2D eigenvalue weighted by atomic mass is 32.2. The topological polar surface area (TPSA) is 92.8 Å². The Labute approximate surface area is 196 Å². The molecule has 178 valence electrons. The van der Waals surface area contributed by atoms with E-state index in [1.807, 2.05) is 13.8 Å². The number of sulfonamides is 1. The Kier molecular flexibility index (Phi) is 8.63. The second kappa shape index (κ2) is 11.4. The van der Waals surface area contributed by atoms with E-state index in [1.54, 1.807) is 36.4 Å². The molecule has 1 aliphatic rings. The van der Waals surface area contributed by atoms with Crippen LogP contribution in [0, 0.1) is 5.92 Å². The second-order valence-electron chi connectivity index (χ2n) is 8.70. The van der Waals surface area contributed by atoms with Crippen molar-refractivity contribution in [2.75, 3.05) is 31.6 Å². The second-order valence-corrected chi connectivity index (χ2v) is 10.6. The van der Waals surface area contributed by atoms with E-state index in [1.165, 1.54) is 16.4 Å². The molecule has 1 aliphatic heterocycles. The van der Waals surface area contributed by atoms with E-state index in [9.17, 15) is 18.0 Å². The lowest BCUT2D eigenvalue weighted by atomic mass is 10.1. The minimum Gasteiger partial charge on any atom is -0.462 e. The summed E-state index contributed by atoms with van der Waals surface area (Å²) in [5.74, 6) is -0.410. The van der Waals surface area contributed by atoms with Gasteiger partial charge in [0.1, 0.15) is 0 Å². The number of nitrogens with one attached hydrogen (secondary N) is 1. The fourth-order valence-corrected chi connectivity index (χ4v) is 5.19. The number of nitrogens with zero attached hydrogens (tertiary/aromatic N) is 1. The smallest absolute Gasteiger partial charge is 0.338 e. The maximum Gasteiger partial charge on any atom is 0.338 e. The maximum absolute atomic E-state index is 13.0. The zero-order chi connectivity index (χ0) is 23.8. The monoisotopic (exact) mass is 472 g/mol. The van der Waals surface area contributed by atoms with Crippen molar-refractivity contribution in [1.82, 2.24) is 4.31 Å². The van der Waals surface area contributed by atoms with Gasteiger partial charge in [-0.15, -0.1) is 0 Å². The first kappa shape index (κ1) is 24.9. The number of benzene rings is 2. The lowest BCUT2D eigenvalue weighted by molar-refractivity contribution is 0.0459. The molecule has 0 atom stereocenters. The fraction of sp³-hybridized carbons (Fsp3) is 0.440. The van der Waals surface area contributed by atoms with Crippen molar-refractivity contribution in [3.8, 4) is 0 Å². The summed E-state index contributed by atoms with van der Waals surface area (Å²) in [6.07, 6.45) is 3.78. The van der Waals surface area contributed by atoms with Crippen molar-refractivity contribution in [3.05, 3.63) is 59.7 Å². The van der Waals surface area contributed by atoms with Crippen LogP contribution in [-0.4, -0.2) is 50.7 Å². The predicted molar refractivity (Wildman–Crippen MR) is 128 cm³/mol. The van der Waals surface area contributed by atoms with E-state index in [2.05, 4.69) is 5.32 Å². The summed E-state index contributed by atoms with van der Waals surface area (Å²) in [6.45, 7) is 5.26. The summed E-state index contributed by atoms with van der Waals surface area (Å²) in [7, 11) is -3.63. The third-order valence-electron chi connectivity index (χ3n) is 5.46. The van der Waals surface area contributed by atoms with Gasteiger partial charge < -0.3 is 10.1 Å². The third-order valence-corrected chi connectivity index (χ3v) is 7.35. The molecule has 2 aromatic rings. The molecule has 0 saturated carbocycles. The highest BCUT2D eigenvalue weighted by Crippen LogP contribution is 2.21. The molecule has 3 rings (SSSR count). The molecule has 0 aromatic heterocycles. The van der Waals surface area contributed by atoms with Crippen LogP contribution in [0.25, 0.3) is 0 Å². The molecule has 1 N–H and O–H groups in total. The van der Waals surface area contributed by atoms with E-state index >= 15 is 0 Å². The Morgan fingerprint density at radius 1 is 0.970 bits per heavy atom. The van der Waals surface area contributed by atoms with Crippen LogP contribution in [0.3, 0.4) is 0 Å². The van der Waals surface area contributed by atoms with Gasteiger partial charge in [0.2, 0.25) is 10.0 Å². The van der Waals surface area contributed by atoms with Gasteiger partial charge in [-0.2, -0.15) is 4.31 Å². The number of anilines is 1. The van der Waals surface area contributed by atoms with Gasteiger partial charge in [0, 0.05) is 24.3 Å². The van der Waals surface area contributed by atoms with Crippen molar-refractivity contribution in [3.63, 3.8) is 0 Å². The molecular formula is C25H32N2O5S. The highest BCUT2D eigenvalue weighted by Gasteiger charge is 2.25. The van der Waals surface area contributed by atoms with E-state index < -0.39 is 16.0 Å².